The highest BCUT2D eigenvalue weighted by atomic mass is 32.1. The van der Waals surface area contributed by atoms with Crippen LogP contribution in [0.4, 0.5) is 0 Å². The van der Waals surface area contributed by atoms with Gasteiger partial charge in [-0.05, 0) is 60.6 Å². The summed E-state index contributed by atoms with van der Waals surface area (Å²) in [6.07, 6.45) is 7.55. The van der Waals surface area contributed by atoms with Crippen LogP contribution in [0.25, 0.3) is 32.7 Å². The van der Waals surface area contributed by atoms with Crippen molar-refractivity contribution in [1.29, 1.82) is 0 Å². The van der Waals surface area contributed by atoms with E-state index in [9.17, 15) is 14.7 Å². The number of ether oxygens (including phenoxy) is 1. The lowest BCUT2D eigenvalue weighted by Gasteiger charge is -2.28. The van der Waals surface area contributed by atoms with Crippen LogP contribution in [0.3, 0.4) is 0 Å². The van der Waals surface area contributed by atoms with Crippen molar-refractivity contribution >= 4 is 33.4 Å². The van der Waals surface area contributed by atoms with Crippen molar-refractivity contribution in [1.82, 2.24) is 14.5 Å². The van der Waals surface area contributed by atoms with Crippen LogP contribution in [0, 0.1) is 6.92 Å². The normalized spacial score (nSPS) is 16.6. The summed E-state index contributed by atoms with van der Waals surface area (Å²) in [5.74, 6) is -0.543. The molecule has 4 heterocycles. The zero-order chi connectivity index (χ0) is 26.9. The Morgan fingerprint density at radius 3 is 2.44 bits per heavy atom. The Morgan fingerprint density at radius 2 is 1.74 bits per heavy atom. The van der Waals surface area contributed by atoms with Crippen LogP contribution in [0.1, 0.15) is 58.8 Å². The van der Waals surface area contributed by atoms with E-state index in [1.807, 2.05) is 17.2 Å². The van der Waals surface area contributed by atoms with Crippen LogP contribution >= 0.6 is 11.3 Å². The molecular formula is C31H33N3O4S. The monoisotopic (exact) mass is 543 g/mol. The molecule has 1 saturated heterocycles. The number of carbonyl (C=O) groups excluding carboxylic acids is 1. The Balaban J connectivity index is 1.50. The predicted octanol–water partition coefficient (Wildman–Crippen LogP) is 6.34. The maximum Gasteiger partial charge on any atom is 0.345 e. The molecule has 39 heavy (non-hydrogen) atoms. The van der Waals surface area contributed by atoms with Crippen molar-refractivity contribution in [2.45, 2.75) is 51.5 Å². The lowest BCUT2D eigenvalue weighted by atomic mass is 9.83. The summed E-state index contributed by atoms with van der Waals surface area (Å²) in [5, 5.41) is 9.83. The molecule has 2 aliphatic rings. The molecule has 1 aromatic carbocycles. The molecule has 8 heteroatoms. The van der Waals surface area contributed by atoms with Crippen molar-refractivity contribution in [3.8, 4) is 22.5 Å². The van der Waals surface area contributed by atoms with Gasteiger partial charge in [0.1, 0.15) is 11.4 Å². The van der Waals surface area contributed by atoms with Crippen molar-refractivity contribution in [2.24, 2.45) is 0 Å². The molecule has 1 aliphatic carbocycles. The molecular weight excluding hydrogens is 510 g/mol. The van der Waals surface area contributed by atoms with Gasteiger partial charge in [0.2, 0.25) is 5.91 Å². The van der Waals surface area contributed by atoms with Crippen molar-refractivity contribution in [3.63, 3.8) is 0 Å². The third kappa shape index (κ3) is 5.11. The van der Waals surface area contributed by atoms with Crippen LogP contribution in [0.5, 0.6) is 0 Å². The minimum Gasteiger partial charge on any atom is -0.477 e. The highest BCUT2D eigenvalue weighted by Gasteiger charge is 2.30. The van der Waals surface area contributed by atoms with Gasteiger partial charge in [-0.3, -0.25) is 9.78 Å². The van der Waals surface area contributed by atoms with Gasteiger partial charge < -0.3 is 19.3 Å². The molecule has 6 rings (SSSR count). The van der Waals surface area contributed by atoms with Gasteiger partial charge in [0.05, 0.1) is 34.8 Å². The number of pyridine rings is 1. The van der Waals surface area contributed by atoms with Gasteiger partial charge in [-0.2, -0.15) is 0 Å². The number of thiophene rings is 1. The molecule has 1 amide bonds. The largest absolute Gasteiger partial charge is 0.477 e. The number of carbonyl (C=O) groups is 2. The zero-order valence-electron chi connectivity index (χ0n) is 22.2. The number of fused-ring (bicyclic) bond motifs is 1. The van der Waals surface area contributed by atoms with Gasteiger partial charge >= 0.3 is 5.97 Å². The van der Waals surface area contributed by atoms with Gasteiger partial charge in [0.15, 0.2) is 0 Å². The van der Waals surface area contributed by atoms with Crippen molar-refractivity contribution < 1.29 is 19.4 Å². The SMILES string of the molecule is Cc1ccnc(-c2ccc(-c3c(C4CCCCC4)c4sc(C(=O)O)cc4n3CC(=O)N3CCOCC3)cc2)c1. The summed E-state index contributed by atoms with van der Waals surface area (Å²) in [7, 11) is 0. The maximum atomic E-state index is 13.5. The minimum atomic E-state index is -0.923. The molecule has 0 radical (unpaired) electrons. The van der Waals surface area contributed by atoms with Crippen LogP contribution in [0.2, 0.25) is 0 Å². The summed E-state index contributed by atoms with van der Waals surface area (Å²) in [5.41, 5.74) is 7.27. The standard InChI is InChI=1S/C31H33N3O4S/c1-20-11-12-32-24(17-20)21-7-9-23(10-8-21)29-28(22-5-3-2-4-6-22)30-25(18-26(39-30)31(36)37)34(29)19-27(35)33-13-15-38-16-14-33/h7-12,17-18,22H,2-6,13-16,19H2,1H3,(H,36,37). The topological polar surface area (TPSA) is 84.7 Å². The second kappa shape index (κ2) is 10.9. The third-order valence-electron chi connectivity index (χ3n) is 8.02. The first-order valence-corrected chi connectivity index (χ1v) is 14.6. The molecule has 1 aliphatic heterocycles. The lowest BCUT2D eigenvalue weighted by Crippen LogP contribution is -2.42. The number of hydrogen-bond acceptors (Lipinski definition) is 5. The number of aryl methyl sites for hydroxylation is 1. The van der Waals surface area contributed by atoms with E-state index in [-0.39, 0.29) is 12.5 Å². The number of aromatic carboxylic acids is 1. The minimum absolute atomic E-state index is 0.0373. The number of carboxylic acid groups (broad SMARTS) is 1. The molecule has 202 valence electrons. The van der Waals surface area contributed by atoms with Crippen LogP contribution in [0.15, 0.2) is 48.7 Å². The Kier molecular flexibility index (Phi) is 7.23. The summed E-state index contributed by atoms with van der Waals surface area (Å²) in [6, 6.07) is 14.3. The Bertz CT molecular complexity index is 1510. The smallest absolute Gasteiger partial charge is 0.345 e. The van der Waals surface area contributed by atoms with Gasteiger partial charge in [-0.25, -0.2) is 4.79 Å². The maximum absolute atomic E-state index is 13.5. The van der Waals surface area contributed by atoms with E-state index >= 15 is 0 Å². The number of rotatable bonds is 6. The Hall–Kier alpha value is -3.49. The zero-order valence-corrected chi connectivity index (χ0v) is 23.0. The molecule has 0 bridgehead atoms. The van der Waals surface area contributed by atoms with Gasteiger partial charge in [0, 0.05) is 24.8 Å². The number of hydrogen-bond donors (Lipinski definition) is 1. The molecule has 1 saturated carbocycles. The number of morpholine rings is 1. The fourth-order valence-corrected chi connectivity index (χ4v) is 7.16. The predicted molar refractivity (Wildman–Crippen MR) is 153 cm³/mol. The first-order chi connectivity index (χ1) is 19.0. The summed E-state index contributed by atoms with van der Waals surface area (Å²) >= 11 is 1.34. The van der Waals surface area contributed by atoms with Gasteiger partial charge in [-0.1, -0.05) is 43.5 Å². The summed E-state index contributed by atoms with van der Waals surface area (Å²) in [4.78, 5) is 32.2. The first-order valence-electron chi connectivity index (χ1n) is 13.8. The highest BCUT2D eigenvalue weighted by Crippen LogP contribution is 2.47. The molecule has 7 nitrogen and oxygen atoms in total. The lowest BCUT2D eigenvalue weighted by molar-refractivity contribution is -0.135. The molecule has 3 aromatic heterocycles. The number of nitrogens with zero attached hydrogens (tertiary/aromatic N) is 3. The summed E-state index contributed by atoms with van der Waals surface area (Å²) < 4.78 is 8.55. The van der Waals surface area contributed by atoms with E-state index in [1.165, 1.54) is 36.2 Å². The van der Waals surface area contributed by atoms with Crippen molar-refractivity contribution in [3.05, 3.63) is 64.7 Å². The van der Waals surface area contributed by atoms with Crippen LogP contribution in [-0.4, -0.2) is 57.7 Å². The van der Waals surface area contributed by atoms with Gasteiger partial charge in [0.25, 0.3) is 0 Å². The summed E-state index contributed by atoms with van der Waals surface area (Å²) in [6.45, 7) is 4.49. The van der Waals surface area contributed by atoms with Crippen LogP contribution < -0.4 is 0 Å². The second-order valence-corrected chi connectivity index (χ2v) is 11.7. The van der Waals surface area contributed by atoms with E-state index in [1.54, 1.807) is 6.07 Å². The van der Waals surface area contributed by atoms with Crippen LogP contribution in [-0.2, 0) is 16.1 Å². The van der Waals surface area contributed by atoms with E-state index < -0.39 is 5.97 Å². The Labute approximate surface area is 232 Å². The van der Waals surface area contributed by atoms with E-state index in [0.717, 1.165) is 51.1 Å². The molecule has 2 fully saturated rings. The average molecular weight is 544 g/mol. The number of amides is 1. The third-order valence-corrected chi connectivity index (χ3v) is 9.17. The fourth-order valence-electron chi connectivity index (χ4n) is 6.04. The molecule has 0 atom stereocenters. The first kappa shape index (κ1) is 25.8. The Morgan fingerprint density at radius 1 is 1.03 bits per heavy atom. The second-order valence-electron chi connectivity index (χ2n) is 10.6. The molecule has 1 N–H and O–H groups in total. The van der Waals surface area contributed by atoms with E-state index in [2.05, 4.69) is 46.8 Å². The van der Waals surface area contributed by atoms with Gasteiger partial charge in [-0.15, -0.1) is 11.3 Å². The quantitative estimate of drug-likeness (QED) is 0.307. The van der Waals surface area contributed by atoms with E-state index in [0.29, 0.717) is 37.1 Å². The fraction of sp³-hybridized carbons (Fsp3) is 0.387. The number of carboxylic acids is 1. The highest BCUT2D eigenvalue weighted by molar-refractivity contribution is 7.21. The average Bonchev–Trinajstić information content (AvgIpc) is 3.52. The number of aromatic nitrogens is 2. The molecule has 0 unspecified atom stereocenters. The molecule has 4 aromatic rings. The molecule has 0 spiro atoms. The van der Waals surface area contributed by atoms with E-state index in [4.69, 9.17) is 4.74 Å². The van der Waals surface area contributed by atoms with Crippen molar-refractivity contribution in [2.75, 3.05) is 26.3 Å². The number of benzene rings is 1.